The van der Waals surface area contributed by atoms with Gasteiger partial charge in [0.25, 0.3) is 11.1 Å². The van der Waals surface area contributed by atoms with Gasteiger partial charge >= 0.3 is 0 Å². The molecule has 74 valence electrons. The summed E-state index contributed by atoms with van der Waals surface area (Å²) in [7, 11) is 3.38. The van der Waals surface area contributed by atoms with E-state index in [9.17, 15) is 9.59 Å². The largest absolute Gasteiger partial charge is 0.383 e. The molecule has 2 amide bonds. The number of hydrogen-bond donors (Lipinski definition) is 1. The lowest BCUT2D eigenvalue weighted by atomic mass is 10.5. The number of nitrogens with zero attached hydrogens (tertiary/aromatic N) is 1. The molecule has 0 spiro atoms. The SMILES string of the molecule is COCCN(C)C1SC(=O)NC1=O. The monoisotopic (exact) mass is 204 g/mol. The fourth-order valence-corrected chi connectivity index (χ4v) is 1.80. The third-order valence-electron chi connectivity index (χ3n) is 1.72. The van der Waals surface area contributed by atoms with Crippen molar-refractivity contribution >= 4 is 22.9 Å². The van der Waals surface area contributed by atoms with E-state index in [0.29, 0.717) is 13.2 Å². The molecular formula is C7H12N2O3S. The van der Waals surface area contributed by atoms with E-state index in [1.165, 1.54) is 0 Å². The molecule has 13 heavy (non-hydrogen) atoms. The van der Waals surface area contributed by atoms with Crippen LogP contribution in [0.4, 0.5) is 4.79 Å². The van der Waals surface area contributed by atoms with Crippen LogP contribution in [0.25, 0.3) is 0 Å². The van der Waals surface area contributed by atoms with Gasteiger partial charge in [-0.1, -0.05) is 0 Å². The van der Waals surface area contributed by atoms with Gasteiger partial charge in [-0.25, -0.2) is 0 Å². The van der Waals surface area contributed by atoms with Crippen molar-refractivity contribution in [3.8, 4) is 0 Å². The number of nitrogens with one attached hydrogen (secondary N) is 1. The minimum absolute atomic E-state index is 0.242. The van der Waals surface area contributed by atoms with Gasteiger partial charge in [-0.15, -0.1) is 0 Å². The number of imide groups is 1. The average molecular weight is 204 g/mol. The summed E-state index contributed by atoms with van der Waals surface area (Å²) in [5, 5.41) is 1.55. The Bertz CT molecular complexity index is 222. The Kier molecular flexibility index (Phi) is 3.71. The second-order valence-electron chi connectivity index (χ2n) is 2.72. The Morgan fingerprint density at radius 3 is 2.77 bits per heavy atom. The number of carbonyl (C=O) groups is 2. The van der Waals surface area contributed by atoms with Gasteiger partial charge in [0.1, 0.15) is 5.37 Å². The lowest BCUT2D eigenvalue weighted by Crippen LogP contribution is -2.38. The molecular weight excluding hydrogens is 192 g/mol. The molecule has 5 nitrogen and oxygen atoms in total. The van der Waals surface area contributed by atoms with Crippen molar-refractivity contribution in [3.63, 3.8) is 0 Å². The summed E-state index contributed by atoms with van der Waals surface area (Å²) >= 11 is 1.00. The normalized spacial score (nSPS) is 22.5. The van der Waals surface area contributed by atoms with Gasteiger partial charge in [-0.05, 0) is 18.8 Å². The minimum atomic E-state index is -0.400. The van der Waals surface area contributed by atoms with Crippen molar-refractivity contribution < 1.29 is 14.3 Å². The summed E-state index contributed by atoms with van der Waals surface area (Å²) in [6.45, 7) is 1.18. The highest BCUT2D eigenvalue weighted by Gasteiger charge is 2.34. The number of amides is 2. The van der Waals surface area contributed by atoms with Crippen molar-refractivity contribution in [2.45, 2.75) is 5.37 Å². The molecule has 0 bridgehead atoms. The van der Waals surface area contributed by atoms with E-state index in [1.54, 1.807) is 19.1 Å². The van der Waals surface area contributed by atoms with Gasteiger partial charge in [0.05, 0.1) is 6.61 Å². The van der Waals surface area contributed by atoms with Crippen molar-refractivity contribution in [1.82, 2.24) is 10.2 Å². The van der Waals surface area contributed by atoms with Crippen LogP contribution >= 0.6 is 11.8 Å². The lowest BCUT2D eigenvalue weighted by Gasteiger charge is -2.19. The van der Waals surface area contributed by atoms with Gasteiger partial charge < -0.3 is 4.74 Å². The van der Waals surface area contributed by atoms with E-state index in [0.717, 1.165) is 11.8 Å². The molecule has 0 aromatic carbocycles. The van der Waals surface area contributed by atoms with Gasteiger partial charge in [-0.3, -0.25) is 19.8 Å². The van der Waals surface area contributed by atoms with Crippen LogP contribution in [-0.2, 0) is 9.53 Å². The van der Waals surface area contributed by atoms with Crippen LogP contribution in [0.1, 0.15) is 0 Å². The highest BCUT2D eigenvalue weighted by atomic mass is 32.2. The standard InChI is InChI=1S/C7H12N2O3S/c1-9(3-4-12-2)6-5(10)8-7(11)13-6/h6H,3-4H2,1-2H3,(H,8,10,11). The lowest BCUT2D eigenvalue weighted by molar-refractivity contribution is -0.121. The maximum Gasteiger partial charge on any atom is 0.287 e. The zero-order chi connectivity index (χ0) is 9.84. The molecule has 0 saturated carbocycles. The average Bonchev–Trinajstić information content (AvgIpc) is 2.41. The summed E-state index contributed by atoms with van der Waals surface area (Å²) < 4.78 is 4.87. The molecule has 1 heterocycles. The molecule has 1 saturated heterocycles. The van der Waals surface area contributed by atoms with Crippen molar-refractivity contribution in [2.24, 2.45) is 0 Å². The predicted octanol–water partition coefficient (Wildman–Crippen LogP) is -0.126. The Hall–Kier alpha value is -0.590. The number of ether oxygens (including phenoxy) is 1. The van der Waals surface area contributed by atoms with Gasteiger partial charge in [-0.2, -0.15) is 0 Å². The summed E-state index contributed by atoms with van der Waals surface area (Å²) in [5.41, 5.74) is 0. The third-order valence-corrected chi connectivity index (χ3v) is 2.83. The van der Waals surface area contributed by atoms with Crippen LogP contribution in [0.2, 0.25) is 0 Å². The first-order chi connectivity index (χ1) is 6.15. The molecule has 1 fully saturated rings. The number of likely N-dealkylation sites (N-methyl/N-ethyl adjacent to an activating group) is 1. The molecule has 1 N–H and O–H groups in total. The Morgan fingerprint density at radius 1 is 1.62 bits per heavy atom. The first-order valence-corrected chi connectivity index (χ1v) is 4.73. The number of carbonyl (C=O) groups excluding carboxylic acids is 2. The van der Waals surface area contributed by atoms with Crippen molar-refractivity contribution in [3.05, 3.63) is 0 Å². The molecule has 1 rings (SSSR count). The zero-order valence-electron chi connectivity index (χ0n) is 7.57. The van der Waals surface area contributed by atoms with Crippen LogP contribution in [0.15, 0.2) is 0 Å². The van der Waals surface area contributed by atoms with Crippen LogP contribution in [0, 0.1) is 0 Å². The number of hydrogen-bond acceptors (Lipinski definition) is 5. The predicted molar refractivity (Wildman–Crippen MR) is 49.4 cm³/mol. The molecule has 1 aliphatic heterocycles. The molecule has 1 unspecified atom stereocenters. The van der Waals surface area contributed by atoms with Crippen molar-refractivity contribution in [1.29, 1.82) is 0 Å². The van der Waals surface area contributed by atoms with Crippen LogP contribution < -0.4 is 5.32 Å². The Morgan fingerprint density at radius 2 is 2.31 bits per heavy atom. The van der Waals surface area contributed by atoms with Gasteiger partial charge in [0.2, 0.25) is 0 Å². The fraction of sp³-hybridized carbons (Fsp3) is 0.714. The first kappa shape index (κ1) is 10.5. The first-order valence-electron chi connectivity index (χ1n) is 3.86. The van der Waals surface area contributed by atoms with E-state index in [1.807, 2.05) is 0 Å². The van der Waals surface area contributed by atoms with E-state index in [-0.39, 0.29) is 11.1 Å². The highest BCUT2D eigenvalue weighted by Crippen LogP contribution is 2.20. The summed E-state index contributed by atoms with van der Waals surface area (Å²) in [6.07, 6.45) is 0. The smallest absolute Gasteiger partial charge is 0.287 e. The topological polar surface area (TPSA) is 58.6 Å². The minimum Gasteiger partial charge on any atom is -0.383 e. The number of thioether (sulfide) groups is 1. The zero-order valence-corrected chi connectivity index (χ0v) is 8.39. The summed E-state index contributed by atoms with van der Waals surface area (Å²) in [5.74, 6) is -0.242. The van der Waals surface area contributed by atoms with E-state index < -0.39 is 5.37 Å². The number of methoxy groups -OCH3 is 1. The maximum atomic E-state index is 11.2. The number of rotatable bonds is 4. The quantitative estimate of drug-likeness (QED) is 0.691. The summed E-state index contributed by atoms with van der Waals surface area (Å²) in [4.78, 5) is 23.8. The molecule has 6 heteroatoms. The Labute approximate surface area is 80.8 Å². The maximum absolute atomic E-state index is 11.2. The van der Waals surface area contributed by atoms with Crippen LogP contribution in [-0.4, -0.2) is 48.7 Å². The Balaban J connectivity index is 2.42. The van der Waals surface area contributed by atoms with Crippen molar-refractivity contribution in [2.75, 3.05) is 27.3 Å². The molecule has 1 atom stereocenters. The molecule has 0 aromatic heterocycles. The van der Waals surface area contributed by atoms with Crippen LogP contribution in [0.3, 0.4) is 0 Å². The summed E-state index contributed by atoms with van der Waals surface area (Å²) in [6, 6.07) is 0. The third kappa shape index (κ3) is 2.68. The van der Waals surface area contributed by atoms with E-state index in [4.69, 9.17) is 4.74 Å². The highest BCUT2D eigenvalue weighted by molar-refractivity contribution is 8.15. The van der Waals surface area contributed by atoms with Gasteiger partial charge in [0.15, 0.2) is 0 Å². The van der Waals surface area contributed by atoms with Gasteiger partial charge in [0, 0.05) is 13.7 Å². The van der Waals surface area contributed by atoms with E-state index >= 15 is 0 Å². The van der Waals surface area contributed by atoms with Crippen LogP contribution in [0.5, 0.6) is 0 Å². The second-order valence-corrected chi connectivity index (χ2v) is 3.77. The molecule has 1 aliphatic rings. The van der Waals surface area contributed by atoms with E-state index in [2.05, 4.69) is 5.32 Å². The molecule has 0 aromatic rings. The fourth-order valence-electron chi connectivity index (χ4n) is 0.989. The molecule has 0 aliphatic carbocycles. The molecule has 0 radical (unpaired) electrons. The second kappa shape index (κ2) is 4.59.